The Bertz CT molecular complexity index is 1990. The van der Waals surface area contributed by atoms with Crippen LogP contribution >= 0.6 is 23.5 Å². The van der Waals surface area contributed by atoms with Crippen molar-refractivity contribution in [3.63, 3.8) is 0 Å². The highest BCUT2D eigenvalue weighted by molar-refractivity contribution is 8.18. The number of esters is 3. The zero-order valence-corrected chi connectivity index (χ0v) is 40.3. The second-order valence-electron chi connectivity index (χ2n) is 24.4. The zero-order chi connectivity index (χ0) is 49.6. The lowest BCUT2D eigenvalue weighted by molar-refractivity contribution is -0.346. The summed E-state index contributed by atoms with van der Waals surface area (Å²) in [6.07, 6.45) is 6.22. The molecule has 0 aromatic rings. The molecule has 3 spiro atoms. The lowest BCUT2D eigenvalue weighted by Crippen LogP contribution is -2.65. The van der Waals surface area contributed by atoms with Gasteiger partial charge in [0.05, 0.1) is 20.3 Å². The molecular weight excluding hydrogens is 991 g/mol. The maximum absolute atomic E-state index is 14.7. The number of thioether (sulfide) groups is 2. The van der Waals surface area contributed by atoms with Crippen LogP contribution < -0.4 is 0 Å². The van der Waals surface area contributed by atoms with Crippen molar-refractivity contribution in [2.45, 2.75) is 154 Å². The van der Waals surface area contributed by atoms with Crippen LogP contribution in [-0.4, -0.2) is 120 Å². The summed E-state index contributed by atoms with van der Waals surface area (Å²) >= 11 is 3.33. The lowest BCUT2D eigenvalue weighted by Gasteiger charge is -2.65. The standard InChI is InChI=1S/C48H58F10O10S2/c1-37(49,50)34(59)68-41-10-27-6-32(15-41)48(33(7-27)16-41)69-23-38(24-70-48,17-62-35(60)39-8-25-2-28(11-39)46(29(3-25)12-39)64-19-42(51,52)43(53,54)20-65-46)18-63-36(61)40-9-26-4-30(13-40)47(31(5-26)14-40)66-21-44(55,56)45(57,58)22-67-47/h25-33H,2-24H2,1H3. The molecule has 12 saturated carbocycles. The first-order chi connectivity index (χ1) is 32.6. The van der Waals surface area contributed by atoms with Crippen molar-refractivity contribution in [1.29, 1.82) is 0 Å². The van der Waals surface area contributed by atoms with E-state index in [9.17, 15) is 58.3 Å². The molecule has 6 atom stereocenters. The molecule has 70 heavy (non-hydrogen) atoms. The molecule has 3 heterocycles. The number of halogens is 10. The van der Waals surface area contributed by atoms with Gasteiger partial charge in [-0.2, -0.15) is 43.9 Å². The fourth-order valence-electron chi connectivity index (χ4n) is 16.9. The van der Waals surface area contributed by atoms with E-state index in [-0.39, 0.29) is 72.6 Å². The Morgan fingerprint density at radius 1 is 0.514 bits per heavy atom. The maximum atomic E-state index is 14.7. The summed E-state index contributed by atoms with van der Waals surface area (Å²) in [5.41, 5.74) is -4.08. The van der Waals surface area contributed by atoms with E-state index >= 15 is 0 Å². The van der Waals surface area contributed by atoms with E-state index in [0.29, 0.717) is 76.2 Å². The van der Waals surface area contributed by atoms with Crippen molar-refractivity contribution in [1.82, 2.24) is 0 Å². The second-order valence-corrected chi connectivity index (χ2v) is 27.2. The molecule has 3 saturated heterocycles. The highest BCUT2D eigenvalue weighted by Gasteiger charge is 2.73. The molecule has 6 unspecified atom stereocenters. The van der Waals surface area contributed by atoms with E-state index in [1.54, 1.807) is 23.5 Å². The van der Waals surface area contributed by atoms with Gasteiger partial charge in [-0.1, -0.05) is 0 Å². The minimum atomic E-state index is -4.44. The summed E-state index contributed by atoms with van der Waals surface area (Å²) < 4.78 is 185. The largest absolute Gasteiger partial charge is 0.464 e. The highest BCUT2D eigenvalue weighted by atomic mass is 32.2. The SMILES string of the molecule is CC(F)(F)C(=O)OC12CC3CC(C1)C1(SCC(COC(=O)C45CC6CC(C4)C4(OCC(F)(F)C(F)(F)CO4)C(C6)C5)(COC(=O)C45CC6CC(C4)C4(OCC(F)(F)C(F)(F)CO4)C(C6)C5)CS1)C(C3)C2. The van der Waals surface area contributed by atoms with Crippen LogP contribution in [0.1, 0.15) is 103 Å². The number of carbonyl (C=O) groups is 3. The molecule has 15 fully saturated rings. The van der Waals surface area contributed by atoms with Gasteiger partial charge in [-0.05, 0) is 126 Å². The first-order valence-corrected chi connectivity index (χ1v) is 26.9. The first-order valence-electron chi connectivity index (χ1n) is 24.9. The van der Waals surface area contributed by atoms with Gasteiger partial charge in [0.15, 0.2) is 11.6 Å². The van der Waals surface area contributed by atoms with E-state index in [4.69, 9.17) is 33.2 Å². The maximum Gasteiger partial charge on any atom is 0.377 e. The molecule has 22 heteroatoms. The molecule has 12 bridgehead atoms. The van der Waals surface area contributed by atoms with Crippen LogP contribution in [0.3, 0.4) is 0 Å². The van der Waals surface area contributed by atoms with Crippen LogP contribution in [0.15, 0.2) is 0 Å². The van der Waals surface area contributed by atoms with Crippen molar-refractivity contribution < 1.29 is 91.4 Å². The average molecular weight is 1050 g/mol. The number of carbonyl (C=O) groups excluding carboxylic acids is 3. The summed E-state index contributed by atoms with van der Waals surface area (Å²) in [4.78, 5) is 41.9. The van der Waals surface area contributed by atoms with Gasteiger partial charge < -0.3 is 33.2 Å². The molecule has 10 nitrogen and oxygen atoms in total. The Balaban J connectivity index is 0.779. The highest BCUT2D eigenvalue weighted by Crippen LogP contribution is 2.72. The van der Waals surface area contributed by atoms with Crippen LogP contribution in [0.4, 0.5) is 43.9 Å². The van der Waals surface area contributed by atoms with E-state index in [1.807, 2.05) is 0 Å². The summed E-state index contributed by atoms with van der Waals surface area (Å²) in [5.74, 6) is -29.0. The van der Waals surface area contributed by atoms with Crippen molar-refractivity contribution in [2.75, 3.05) is 51.1 Å². The smallest absolute Gasteiger partial charge is 0.377 e. The monoisotopic (exact) mass is 1050 g/mol. The summed E-state index contributed by atoms with van der Waals surface area (Å²) in [6.45, 7) is -5.87. The normalized spacial score (nSPS) is 47.8. The summed E-state index contributed by atoms with van der Waals surface area (Å²) in [6, 6.07) is 0. The fourth-order valence-corrected chi connectivity index (χ4v) is 21.0. The molecular formula is C48H58F10O10S2. The lowest BCUT2D eigenvalue weighted by atomic mass is 9.47. The van der Waals surface area contributed by atoms with Crippen LogP contribution in [0.25, 0.3) is 0 Å². The Hall–Kier alpha value is -1.75. The zero-order valence-electron chi connectivity index (χ0n) is 38.6. The number of ether oxygens (including phenoxy) is 7. The van der Waals surface area contributed by atoms with Crippen molar-refractivity contribution in [2.24, 2.45) is 69.5 Å². The van der Waals surface area contributed by atoms with Crippen LogP contribution in [-0.2, 0) is 47.5 Å². The van der Waals surface area contributed by atoms with Crippen molar-refractivity contribution >= 4 is 41.4 Å². The third-order valence-electron chi connectivity index (χ3n) is 19.7. The first kappa shape index (κ1) is 49.1. The van der Waals surface area contributed by atoms with Gasteiger partial charge in [-0.25, -0.2) is 4.79 Å². The van der Waals surface area contributed by atoms with Gasteiger partial charge in [-0.15, -0.1) is 23.5 Å². The molecule has 3 aliphatic heterocycles. The Morgan fingerprint density at radius 3 is 1.21 bits per heavy atom. The molecule has 0 N–H and O–H groups in total. The van der Waals surface area contributed by atoms with Gasteiger partial charge in [0.2, 0.25) is 0 Å². The predicted molar refractivity (Wildman–Crippen MR) is 226 cm³/mol. The predicted octanol–water partition coefficient (Wildman–Crippen LogP) is 9.69. The Labute approximate surface area is 406 Å². The number of hydrogen-bond donors (Lipinski definition) is 0. The van der Waals surface area contributed by atoms with Gasteiger partial charge >= 0.3 is 47.5 Å². The molecule has 0 amide bonds. The van der Waals surface area contributed by atoms with Crippen LogP contribution in [0.2, 0.25) is 0 Å². The van der Waals surface area contributed by atoms with Gasteiger partial charge in [0.1, 0.15) is 45.2 Å². The molecule has 12 aliphatic carbocycles. The molecule has 15 rings (SSSR count). The fraction of sp³-hybridized carbons (Fsp3) is 0.938. The Morgan fingerprint density at radius 2 is 0.857 bits per heavy atom. The number of rotatable bonds is 8. The average Bonchev–Trinajstić information content (AvgIpc) is 3.43. The van der Waals surface area contributed by atoms with E-state index in [0.717, 1.165) is 12.8 Å². The van der Waals surface area contributed by atoms with Crippen LogP contribution in [0.5, 0.6) is 0 Å². The van der Waals surface area contributed by atoms with Crippen molar-refractivity contribution in [3.05, 3.63) is 0 Å². The molecule has 15 aliphatic rings. The topological polar surface area (TPSA) is 116 Å². The van der Waals surface area contributed by atoms with E-state index in [1.165, 1.54) is 0 Å². The van der Waals surface area contributed by atoms with Gasteiger partial charge in [-0.3, -0.25) is 9.59 Å². The number of hydrogen-bond acceptors (Lipinski definition) is 12. The van der Waals surface area contributed by atoms with E-state index in [2.05, 4.69) is 0 Å². The minimum Gasteiger partial charge on any atom is -0.464 e. The van der Waals surface area contributed by atoms with Gasteiger partial charge in [0, 0.05) is 42.1 Å². The quantitative estimate of drug-likeness (QED) is 0.131. The van der Waals surface area contributed by atoms with Gasteiger partial charge in [0.25, 0.3) is 0 Å². The molecule has 0 aromatic carbocycles. The third kappa shape index (κ3) is 7.18. The molecule has 392 valence electrons. The third-order valence-corrected chi connectivity index (χ3v) is 24.1. The van der Waals surface area contributed by atoms with Crippen LogP contribution in [0, 0.1) is 69.5 Å². The number of alkyl halides is 10. The second kappa shape index (κ2) is 15.4. The van der Waals surface area contributed by atoms with E-state index < -0.39 is 131 Å². The molecule has 0 radical (unpaired) electrons. The minimum absolute atomic E-state index is 0.00970. The summed E-state index contributed by atoms with van der Waals surface area (Å²) in [7, 11) is 0. The summed E-state index contributed by atoms with van der Waals surface area (Å²) in [5, 5.41) is 0. The molecule has 0 aromatic heterocycles. The van der Waals surface area contributed by atoms with Crippen molar-refractivity contribution in [3.8, 4) is 0 Å². The Kier molecular flexibility index (Phi) is 10.8.